The molecule has 100 valence electrons. The molecule has 0 aliphatic rings. The zero-order valence-corrected chi connectivity index (χ0v) is 11.8. The number of rotatable bonds is 0. The van der Waals surface area contributed by atoms with E-state index in [4.69, 9.17) is 5.39 Å². The predicted octanol–water partition coefficient (Wildman–Crippen LogP) is 6.34. The van der Waals surface area contributed by atoms with Crippen LogP contribution in [-0.2, 0) is 0 Å². The molecule has 0 saturated carbocycles. The highest BCUT2D eigenvalue weighted by Gasteiger charge is 1.96. The highest BCUT2D eigenvalue weighted by Crippen LogP contribution is 2.08. The van der Waals surface area contributed by atoms with Crippen LogP contribution in [0, 0.1) is 18.2 Å². The number of nitrogens with zero attached hydrogens (tertiary/aromatic N) is 2. The lowest BCUT2D eigenvalue weighted by Gasteiger charge is -2.05. The van der Waals surface area contributed by atoms with Gasteiger partial charge in [-0.1, -0.05) is 67.2 Å². The molecule has 0 bridgehead atoms. The van der Waals surface area contributed by atoms with Gasteiger partial charge in [-0.2, -0.15) is 0 Å². The van der Waals surface area contributed by atoms with Crippen LogP contribution in [0.1, 0.15) is 49.0 Å². The fourth-order valence-electron chi connectivity index (χ4n) is 0.495. The molecule has 0 spiro atoms. The van der Waals surface area contributed by atoms with Crippen molar-refractivity contribution < 1.29 is 0 Å². The first-order chi connectivity index (χ1) is 6.93. The summed E-state index contributed by atoms with van der Waals surface area (Å²) in [6, 6.07) is 8.94. The van der Waals surface area contributed by atoms with Crippen molar-refractivity contribution >= 4 is 5.69 Å². The maximum Gasteiger partial charge on any atom is 0.385 e. The minimum Gasteiger partial charge on any atom is -0.358 e. The number of benzene rings is 1. The molecule has 0 aromatic heterocycles. The van der Waals surface area contributed by atoms with Gasteiger partial charge in [-0.05, 0) is 5.41 Å². The second kappa shape index (κ2) is 14.6. The van der Waals surface area contributed by atoms with E-state index in [-0.39, 0.29) is 14.9 Å². The smallest absolute Gasteiger partial charge is 0.358 e. The van der Waals surface area contributed by atoms with E-state index in [0.717, 1.165) is 0 Å². The van der Waals surface area contributed by atoms with Crippen LogP contribution >= 0.6 is 0 Å². The Morgan fingerprint density at radius 1 is 0.941 bits per heavy atom. The van der Waals surface area contributed by atoms with E-state index < -0.39 is 0 Å². The molecule has 0 N–H and O–H groups in total. The molecule has 1 aromatic rings. The summed E-state index contributed by atoms with van der Waals surface area (Å²) in [7, 11) is 0. The third kappa shape index (κ3) is 31.3. The van der Waals surface area contributed by atoms with Crippen molar-refractivity contribution in [1.29, 1.82) is 5.39 Å². The molecule has 0 saturated heterocycles. The van der Waals surface area contributed by atoms with Gasteiger partial charge < -0.3 is 7.43 Å². The zero-order chi connectivity index (χ0) is 12.3. The van der Waals surface area contributed by atoms with Crippen molar-refractivity contribution in [2.24, 2.45) is 5.41 Å². The quantitative estimate of drug-likeness (QED) is 0.383. The van der Waals surface area contributed by atoms with Gasteiger partial charge >= 0.3 is 5.69 Å². The third-order valence-corrected chi connectivity index (χ3v) is 0.872. The standard InChI is InChI=1S/C6H5N2.C5H12.C2H6.CH4.CH3/c7-8-6-4-2-1-3-5-6;1-5(2,3)4;1-2;;/h1-5H;1-4H3;1-2H3;1H4;1H3/q+1;;;;-1. The van der Waals surface area contributed by atoms with Gasteiger partial charge in [0.15, 0.2) is 4.98 Å². The highest BCUT2D eigenvalue weighted by atomic mass is 14.8. The van der Waals surface area contributed by atoms with Crippen LogP contribution in [0.25, 0.3) is 4.98 Å². The van der Waals surface area contributed by atoms with Crippen LogP contribution in [0.5, 0.6) is 0 Å². The summed E-state index contributed by atoms with van der Waals surface area (Å²) in [6.45, 7) is 12.8. The number of hydrogen-bond acceptors (Lipinski definition) is 1. The van der Waals surface area contributed by atoms with E-state index in [1.54, 1.807) is 12.1 Å². The first-order valence-corrected chi connectivity index (χ1v) is 5.33. The third-order valence-electron chi connectivity index (χ3n) is 0.872. The second-order valence-corrected chi connectivity index (χ2v) is 4.44. The van der Waals surface area contributed by atoms with Crippen molar-refractivity contribution in [2.45, 2.75) is 49.0 Å². The maximum absolute atomic E-state index is 8.16. The summed E-state index contributed by atoms with van der Waals surface area (Å²) in [4.78, 5) is 2.97. The van der Waals surface area contributed by atoms with Crippen LogP contribution in [-0.4, -0.2) is 0 Å². The number of hydrogen-bond donors (Lipinski definition) is 0. The Labute approximate surface area is 109 Å². The Morgan fingerprint density at radius 2 is 1.24 bits per heavy atom. The Balaban J connectivity index is -0.0000000838. The highest BCUT2D eigenvalue weighted by molar-refractivity contribution is 5.42. The van der Waals surface area contributed by atoms with Crippen LogP contribution in [0.4, 0.5) is 5.69 Å². The summed E-state index contributed by atoms with van der Waals surface area (Å²) in [5.74, 6) is 0. The maximum atomic E-state index is 8.16. The van der Waals surface area contributed by atoms with Gasteiger partial charge in [0.1, 0.15) is 0 Å². The first kappa shape index (κ1) is 24.7. The van der Waals surface area contributed by atoms with Crippen molar-refractivity contribution in [1.82, 2.24) is 0 Å². The first-order valence-electron chi connectivity index (χ1n) is 5.33. The molecule has 0 amide bonds. The van der Waals surface area contributed by atoms with Gasteiger partial charge in [0.2, 0.25) is 5.39 Å². The Hall–Kier alpha value is -1.36. The Bertz CT molecular complexity index is 259. The van der Waals surface area contributed by atoms with Gasteiger partial charge in [-0.25, -0.2) is 0 Å². The molecule has 0 unspecified atom stereocenters. The normalized spacial score (nSPS) is 7.59. The van der Waals surface area contributed by atoms with E-state index in [1.807, 2.05) is 32.0 Å². The topological polar surface area (TPSA) is 28.1 Å². The van der Waals surface area contributed by atoms with Crippen molar-refractivity contribution in [3.63, 3.8) is 0 Å². The lowest BCUT2D eigenvalue weighted by atomic mass is 10.0. The Morgan fingerprint density at radius 3 is 1.41 bits per heavy atom. The van der Waals surface area contributed by atoms with E-state index in [2.05, 4.69) is 32.7 Å². The molecule has 1 aromatic carbocycles. The predicted molar refractivity (Wildman–Crippen MR) is 80.8 cm³/mol. The molecule has 0 heterocycles. The molecule has 0 atom stereocenters. The van der Waals surface area contributed by atoms with Gasteiger partial charge in [0, 0.05) is 12.1 Å². The van der Waals surface area contributed by atoms with Crippen molar-refractivity contribution in [2.75, 3.05) is 0 Å². The van der Waals surface area contributed by atoms with Crippen LogP contribution < -0.4 is 0 Å². The van der Waals surface area contributed by atoms with E-state index >= 15 is 0 Å². The van der Waals surface area contributed by atoms with Gasteiger partial charge in [-0.3, -0.25) is 0 Å². The summed E-state index contributed by atoms with van der Waals surface area (Å²) >= 11 is 0. The molecule has 0 fully saturated rings. The van der Waals surface area contributed by atoms with E-state index in [9.17, 15) is 0 Å². The molecule has 2 heteroatoms. The van der Waals surface area contributed by atoms with Crippen LogP contribution in [0.3, 0.4) is 0 Å². The summed E-state index contributed by atoms with van der Waals surface area (Å²) in [6.07, 6.45) is 0. The number of diazo groups is 1. The van der Waals surface area contributed by atoms with Gasteiger partial charge in [0.05, 0.1) is 0 Å². The minimum absolute atomic E-state index is 0. The summed E-state index contributed by atoms with van der Waals surface area (Å²) < 4.78 is 0. The second-order valence-electron chi connectivity index (χ2n) is 4.44. The van der Waals surface area contributed by atoms with Crippen molar-refractivity contribution in [3.8, 4) is 0 Å². The lowest BCUT2D eigenvalue weighted by molar-refractivity contribution is 0.469. The average molecular weight is 238 g/mol. The molecule has 0 radical (unpaired) electrons. The molecule has 1 rings (SSSR count). The summed E-state index contributed by atoms with van der Waals surface area (Å²) in [5, 5.41) is 8.16. The van der Waals surface area contributed by atoms with Crippen LogP contribution in [0.2, 0.25) is 0 Å². The monoisotopic (exact) mass is 238 g/mol. The van der Waals surface area contributed by atoms with Gasteiger partial charge in [0.25, 0.3) is 0 Å². The zero-order valence-electron chi connectivity index (χ0n) is 11.8. The average Bonchev–Trinajstić information content (AvgIpc) is 2.20. The fraction of sp³-hybridized carbons (Fsp3) is 0.533. The fourth-order valence-corrected chi connectivity index (χ4v) is 0.495. The lowest BCUT2D eigenvalue weighted by Crippen LogP contribution is -1.93. The van der Waals surface area contributed by atoms with E-state index in [1.165, 1.54) is 0 Å². The SMILES string of the molecule is C.CC.CC(C)(C)C.N#[N+]c1ccccc1.[CH3-]. The molecule has 0 aliphatic heterocycles. The Kier molecular flexibility index (Phi) is 21.3. The molecule has 0 aliphatic carbocycles. The molecular weight excluding hydrogens is 208 g/mol. The molecule has 2 nitrogen and oxygen atoms in total. The largest absolute Gasteiger partial charge is 0.385 e. The van der Waals surface area contributed by atoms with Crippen molar-refractivity contribution in [3.05, 3.63) is 42.7 Å². The molecule has 17 heavy (non-hydrogen) atoms. The minimum atomic E-state index is 0. The van der Waals surface area contributed by atoms with Gasteiger partial charge in [-0.15, -0.1) is 0 Å². The summed E-state index contributed by atoms with van der Waals surface area (Å²) in [5.41, 5.74) is 1.09. The van der Waals surface area contributed by atoms with Crippen LogP contribution in [0.15, 0.2) is 30.3 Å². The molecular formula is C15H30N2. The van der Waals surface area contributed by atoms with E-state index in [0.29, 0.717) is 11.1 Å².